The number of fused-ring (bicyclic) bond motifs is 3. The van der Waals surface area contributed by atoms with Gasteiger partial charge in [-0.15, -0.1) is 0 Å². The van der Waals surface area contributed by atoms with Crippen molar-refractivity contribution in [2.24, 2.45) is 34.0 Å². The summed E-state index contributed by atoms with van der Waals surface area (Å²) in [6.07, 6.45) is -4.39. The molecule has 0 unspecified atom stereocenters. The number of carbonyl (C=O) groups is 4. The second-order valence-corrected chi connectivity index (χ2v) is 11.8. The quantitative estimate of drug-likeness (QED) is 0.343. The lowest BCUT2D eigenvalue weighted by molar-refractivity contribution is -0.298. The zero-order valence-electron chi connectivity index (χ0n) is 21.2. The van der Waals surface area contributed by atoms with Crippen LogP contribution in [0.25, 0.3) is 0 Å². The summed E-state index contributed by atoms with van der Waals surface area (Å²) < 4.78 is 17.0. The molecule has 0 aromatic carbocycles. The van der Waals surface area contributed by atoms with E-state index < -0.39 is 76.5 Å². The number of rotatable bonds is 3. The predicted molar refractivity (Wildman–Crippen MR) is 121 cm³/mol. The highest BCUT2D eigenvalue weighted by Crippen LogP contribution is 2.71. The Morgan fingerprint density at radius 2 is 1.43 bits per heavy atom. The number of Topliss-reactive ketones (excluding diaryl/α,β-unsaturated/α-hetero) is 1. The van der Waals surface area contributed by atoms with Crippen LogP contribution in [0.2, 0.25) is 0 Å². The van der Waals surface area contributed by atoms with Crippen LogP contribution in [0.3, 0.4) is 0 Å². The van der Waals surface area contributed by atoms with E-state index in [0.717, 1.165) is 0 Å². The first-order valence-electron chi connectivity index (χ1n) is 12.2. The molecule has 4 aliphatic carbocycles. The topological polar surface area (TPSA) is 136 Å². The molecular weight excluding hydrogens is 456 g/mol. The van der Waals surface area contributed by atoms with Crippen molar-refractivity contribution in [3.05, 3.63) is 12.2 Å². The average Bonchev–Trinajstić information content (AvgIpc) is 2.88. The maximum atomic E-state index is 13.8. The first-order chi connectivity index (χ1) is 16.1. The Morgan fingerprint density at radius 3 is 1.97 bits per heavy atom. The zero-order chi connectivity index (χ0) is 26.2. The van der Waals surface area contributed by atoms with Crippen LogP contribution in [0.4, 0.5) is 0 Å². The van der Waals surface area contributed by atoms with E-state index >= 15 is 0 Å². The minimum Gasteiger partial charge on any atom is -0.459 e. The summed E-state index contributed by atoms with van der Waals surface area (Å²) in [5.74, 6) is -3.69. The van der Waals surface area contributed by atoms with Gasteiger partial charge < -0.3 is 24.4 Å². The van der Waals surface area contributed by atoms with E-state index in [2.05, 4.69) is 6.58 Å². The Morgan fingerprint density at radius 1 is 0.886 bits per heavy atom. The molecular formula is C26H36O9. The molecule has 10 atom stereocenters. The monoisotopic (exact) mass is 492 g/mol. The molecule has 0 aliphatic heterocycles. The Hall–Kier alpha value is -2.26. The van der Waals surface area contributed by atoms with Crippen molar-refractivity contribution in [2.75, 3.05) is 0 Å². The molecule has 1 spiro atoms. The summed E-state index contributed by atoms with van der Waals surface area (Å²) >= 11 is 0. The van der Waals surface area contributed by atoms with Crippen LogP contribution >= 0.6 is 0 Å². The molecule has 4 aliphatic rings. The maximum absolute atomic E-state index is 13.8. The summed E-state index contributed by atoms with van der Waals surface area (Å²) in [4.78, 5) is 50.1. The van der Waals surface area contributed by atoms with E-state index in [4.69, 9.17) is 14.2 Å². The number of ketones is 1. The molecule has 9 nitrogen and oxygen atoms in total. The Bertz CT molecular complexity index is 985. The maximum Gasteiger partial charge on any atom is 0.303 e. The SMILES string of the molecule is C=C1C(=O)[C@]23C[C@H]1C[C@H](O)[C@H]2[C@]1(C)C[C@H](OC(C)=O)[C@H](OC(C)=O)C(C)(C)[C@H]1[C@@H](O)[C@@H]3OC(C)=O. The van der Waals surface area contributed by atoms with Crippen molar-refractivity contribution in [3.63, 3.8) is 0 Å². The van der Waals surface area contributed by atoms with Gasteiger partial charge in [-0.1, -0.05) is 27.4 Å². The van der Waals surface area contributed by atoms with Gasteiger partial charge in [0.15, 0.2) is 5.78 Å². The average molecular weight is 493 g/mol. The minimum atomic E-state index is -1.35. The fourth-order valence-corrected chi connectivity index (χ4v) is 8.70. The normalized spacial score (nSPS) is 45.7. The number of aliphatic hydroxyl groups is 2. The molecule has 4 fully saturated rings. The van der Waals surface area contributed by atoms with Crippen LogP contribution in [0.5, 0.6) is 0 Å². The van der Waals surface area contributed by atoms with Crippen LogP contribution in [0, 0.1) is 34.0 Å². The highest BCUT2D eigenvalue weighted by molar-refractivity contribution is 6.04. The van der Waals surface area contributed by atoms with Crippen molar-refractivity contribution in [1.82, 2.24) is 0 Å². The van der Waals surface area contributed by atoms with Crippen molar-refractivity contribution >= 4 is 23.7 Å². The van der Waals surface area contributed by atoms with Crippen molar-refractivity contribution < 1.29 is 43.6 Å². The first-order valence-corrected chi connectivity index (χ1v) is 12.2. The fourth-order valence-electron chi connectivity index (χ4n) is 8.70. The Balaban J connectivity index is 1.94. The lowest BCUT2D eigenvalue weighted by Crippen LogP contribution is -2.75. The Kier molecular flexibility index (Phi) is 6.00. The van der Waals surface area contributed by atoms with Gasteiger partial charge in [0, 0.05) is 38.0 Å². The van der Waals surface area contributed by atoms with Gasteiger partial charge >= 0.3 is 17.9 Å². The molecule has 9 heteroatoms. The fraction of sp³-hybridized carbons (Fsp3) is 0.769. The number of carbonyl (C=O) groups excluding carboxylic acids is 4. The largest absolute Gasteiger partial charge is 0.459 e. The van der Waals surface area contributed by atoms with E-state index in [1.54, 1.807) is 13.8 Å². The smallest absolute Gasteiger partial charge is 0.303 e. The number of allylic oxidation sites excluding steroid dienone is 1. The minimum absolute atomic E-state index is 0.149. The summed E-state index contributed by atoms with van der Waals surface area (Å²) in [6, 6.07) is 0. The third kappa shape index (κ3) is 3.49. The predicted octanol–water partition coefficient (Wildman–Crippen LogP) is 1.72. The number of hydrogen-bond acceptors (Lipinski definition) is 9. The van der Waals surface area contributed by atoms with Crippen molar-refractivity contribution in [1.29, 1.82) is 0 Å². The third-order valence-corrected chi connectivity index (χ3v) is 9.25. The van der Waals surface area contributed by atoms with Crippen molar-refractivity contribution in [3.8, 4) is 0 Å². The lowest BCUT2D eigenvalue weighted by Gasteiger charge is -2.68. The number of aliphatic hydroxyl groups excluding tert-OH is 2. The van der Waals surface area contributed by atoms with E-state index in [1.165, 1.54) is 20.8 Å². The molecule has 0 aromatic rings. The zero-order valence-corrected chi connectivity index (χ0v) is 21.2. The van der Waals surface area contributed by atoms with Crippen LogP contribution in [-0.2, 0) is 33.4 Å². The number of ether oxygens (including phenoxy) is 3. The van der Waals surface area contributed by atoms with Crippen LogP contribution in [-0.4, -0.2) is 64.4 Å². The lowest BCUT2D eigenvalue weighted by atomic mass is 9.38. The highest BCUT2D eigenvalue weighted by Gasteiger charge is 2.78. The Labute approximate surface area is 205 Å². The molecule has 0 heterocycles. The van der Waals surface area contributed by atoms with Gasteiger partial charge in [0.25, 0.3) is 0 Å². The number of hydrogen-bond donors (Lipinski definition) is 2. The van der Waals surface area contributed by atoms with Gasteiger partial charge in [0.1, 0.15) is 18.3 Å². The molecule has 0 radical (unpaired) electrons. The van der Waals surface area contributed by atoms with Gasteiger partial charge in [0.05, 0.1) is 17.6 Å². The summed E-state index contributed by atoms with van der Waals surface area (Å²) in [6.45, 7) is 13.2. The molecule has 0 aromatic heterocycles. The van der Waals surface area contributed by atoms with E-state index in [-0.39, 0.29) is 18.1 Å². The van der Waals surface area contributed by atoms with Gasteiger partial charge in [-0.2, -0.15) is 0 Å². The van der Waals surface area contributed by atoms with Gasteiger partial charge in [0.2, 0.25) is 0 Å². The second-order valence-electron chi connectivity index (χ2n) is 11.8. The van der Waals surface area contributed by atoms with E-state index in [9.17, 15) is 29.4 Å². The molecule has 194 valence electrons. The van der Waals surface area contributed by atoms with Crippen LogP contribution < -0.4 is 0 Å². The number of esters is 3. The highest BCUT2D eigenvalue weighted by atomic mass is 16.6. The van der Waals surface area contributed by atoms with Crippen molar-refractivity contribution in [2.45, 2.75) is 91.3 Å². The van der Waals surface area contributed by atoms with Crippen LogP contribution in [0.15, 0.2) is 12.2 Å². The van der Waals surface area contributed by atoms with Gasteiger partial charge in [-0.3, -0.25) is 19.2 Å². The molecule has 4 rings (SSSR count). The van der Waals surface area contributed by atoms with Gasteiger partial charge in [-0.05, 0) is 36.2 Å². The van der Waals surface area contributed by atoms with E-state index in [0.29, 0.717) is 18.4 Å². The standard InChI is InChI=1S/C26H36O9/c1-11-15-8-16(30)19-25(7)10-17(33-12(2)27)22(34-13(3)28)24(5,6)20(25)18(31)23(35-14(4)29)26(19,9-15)21(11)32/h15-20,22-23,30-31H,1,8-10H2,2-7H3/t15-,16+,17+,18-,19+,20-,22+,23+,25+,26+/m1/s1. The molecule has 35 heavy (non-hydrogen) atoms. The summed E-state index contributed by atoms with van der Waals surface area (Å²) in [5, 5.41) is 23.4. The summed E-state index contributed by atoms with van der Waals surface area (Å²) in [5.41, 5.74) is -2.88. The van der Waals surface area contributed by atoms with Gasteiger partial charge in [-0.25, -0.2) is 0 Å². The first kappa shape index (κ1) is 25.8. The molecule has 4 saturated carbocycles. The third-order valence-electron chi connectivity index (χ3n) is 9.25. The molecule has 2 bridgehead atoms. The summed E-state index contributed by atoms with van der Waals surface area (Å²) in [7, 11) is 0. The molecule has 0 amide bonds. The second kappa shape index (κ2) is 8.13. The van der Waals surface area contributed by atoms with E-state index in [1.807, 2.05) is 6.92 Å². The molecule has 2 N–H and O–H groups in total. The molecule has 0 saturated heterocycles. The van der Waals surface area contributed by atoms with Crippen LogP contribution in [0.1, 0.15) is 60.8 Å².